The van der Waals surface area contributed by atoms with Crippen LogP contribution in [-0.4, -0.2) is 14.3 Å². The van der Waals surface area contributed by atoms with Crippen LogP contribution in [0.5, 0.6) is 0 Å². The van der Waals surface area contributed by atoms with Crippen LogP contribution in [0.3, 0.4) is 0 Å². The van der Waals surface area contributed by atoms with Crippen molar-refractivity contribution < 1.29 is 13.2 Å². The Bertz CT molecular complexity index is 947. The number of carbonyl (C=O) groups excluding carboxylic acids is 1. The maximum atomic E-state index is 13.4. The molecule has 0 aliphatic heterocycles. The van der Waals surface area contributed by atoms with E-state index in [0.717, 1.165) is 16.7 Å². The summed E-state index contributed by atoms with van der Waals surface area (Å²) in [6.07, 6.45) is 0. The lowest BCUT2D eigenvalue weighted by Crippen LogP contribution is -2.19. The van der Waals surface area contributed by atoms with Crippen molar-refractivity contribution in [1.29, 1.82) is 0 Å². The third kappa shape index (κ3) is 5.60. The van der Waals surface area contributed by atoms with E-state index < -0.39 is 10.0 Å². The van der Waals surface area contributed by atoms with Gasteiger partial charge >= 0.3 is 0 Å². The van der Waals surface area contributed by atoms with E-state index in [2.05, 4.69) is 23.9 Å². The zero-order valence-electron chi connectivity index (χ0n) is 18.3. The second-order valence-corrected chi connectivity index (χ2v) is 9.98. The van der Waals surface area contributed by atoms with Gasteiger partial charge in [-0.25, -0.2) is 8.42 Å². The number of benzene rings is 2. The molecular weight excluding hydrogens is 384 g/mol. The molecule has 0 fully saturated rings. The molecule has 0 radical (unpaired) electrons. The van der Waals surface area contributed by atoms with Crippen LogP contribution in [0.2, 0.25) is 0 Å². The summed E-state index contributed by atoms with van der Waals surface area (Å²) in [5, 5.41) is 2.68. The Morgan fingerprint density at radius 2 is 1.24 bits per heavy atom. The van der Waals surface area contributed by atoms with E-state index in [1.807, 2.05) is 39.8 Å². The second kappa shape index (κ2) is 8.99. The Balaban J connectivity index is 2.54. The van der Waals surface area contributed by atoms with Crippen LogP contribution in [0.4, 0.5) is 11.4 Å². The lowest BCUT2D eigenvalue weighted by atomic mass is 9.89. The van der Waals surface area contributed by atoms with Gasteiger partial charge in [0.1, 0.15) is 0 Å². The van der Waals surface area contributed by atoms with Gasteiger partial charge in [0.25, 0.3) is 10.0 Å². The Labute approximate surface area is 175 Å². The number of carbonyl (C=O) groups is 1. The number of hydrogen-bond acceptors (Lipinski definition) is 3. The zero-order chi connectivity index (χ0) is 21.9. The smallest absolute Gasteiger partial charge is 0.262 e. The minimum Gasteiger partial charge on any atom is -0.326 e. The van der Waals surface area contributed by atoms with Gasteiger partial charge in [-0.15, -0.1) is 0 Å². The molecule has 2 aromatic rings. The Hall–Kier alpha value is -2.34. The SMILES string of the molecule is CC(=O)Nc1ccc(NS(=O)(=O)c2c(C(C)C)cc(C(C)C)cc2C(C)C)cc1. The van der Waals surface area contributed by atoms with E-state index in [9.17, 15) is 13.2 Å². The first-order valence-corrected chi connectivity index (χ1v) is 11.5. The first kappa shape index (κ1) is 22.9. The lowest BCUT2D eigenvalue weighted by molar-refractivity contribution is -0.114. The number of rotatable bonds is 7. The molecule has 0 aliphatic rings. The maximum absolute atomic E-state index is 13.4. The molecule has 0 spiro atoms. The van der Waals surface area contributed by atoms with Gasteiger partial charge in [0.2, 0.25) is 5.91 Å². The summed E-state index contributed by atoms with van der Waals surface area (Å²) in [7, 11) is -3.78. The standard InChI is InChI=1S/C23H32N2O3S/c1-14(2)18-12-21(15(3)4)23(22(13-18)16(5)6)29(27,28)25-20-10-8-19(9-11-20)24-17(7)26/h8-16,25H,1-7H3,(H,24,26). The highest BCUT2D eigenvalue weighted by Crippen LogP contribution is 2.36. The Morgan fingerprint density at radius 1 is 0.793 bits per heavy atom. The molecule has 5 nitrogen and oxygen atoms in total. The molecule has 0 aliphatic carbocycles. The number of sulfonamides is 1. The third-order valence-electron chi connectivity index (χ3n) is 4.81. The van der Waals surface area contributed by atoms with Crippen LogP contribution in [0.1, 0.15) is 82.9 Å². The van der Waals surface area contributed by atoms with Gasteiger partial charge < -0.3 is 5.32 Å². The predicted octanol–water partition coefficient (Wildman–Crippen LogP) is 5.82. The van der Waals surface area contributed by atoms with E-state index in [1.165, 1.54) is 6.92 Å². The average molecular weight is 417 g/mol. The molecule has 1 amide bonds. The highest BCUT2D eigenvalue weighted by Gasteiger charge is 2.27. The van der Waals surface area contributed by atoms with Crippen LogP contribution < -0.4 is 10.0 Å². The molecule has 29 heavy (non-hydrogen) atoms. The number of nitrogens with one attached hydrogen (secondary N) is 2. The molecule has 0 bridgehead atoms. The van der Waals surface area contributed by atoms with Gasteiger partial charge in [0.05, 0.1) is 4.90 Å². The molecule has 2 aromatic carbocycles. The van der Waals surface area contributed by atoms with Crippen LogP contribution >= 0.6 is 0 Å². The van der Waals surface area contributed by atoms with Crippen LogP contribution in [-0.2, 0) is 14.8 Å². The van der Waals surface area contributed by atoms with E-state index in [0.29, 0.717) is 22.2 Å². The topological polar surface area (TPSA) is 75.3 Å². The average Bonchev–Trinajstić information content (AvgIpc) is 2.61. The van der Waals surface area contributed by atoms with Gasteiger partial charge in [0.15, 0.2) is 0 Å². The Morgan fingerprint density at radius 3 is 1.62 bits per heavy atom. The van der Waals surface area contributed by atoms with Gasteiger partial charge in [-0.05, 0) is 58.7 Å². The van der Waals surface area contributed by atoms with Gasteiger partial charge in [0, 0.05) is 18.3 Å². The molecule has 2 rings (SSSR count). The van der Waals surface area contributed by atoms with Crippen molar-refractivity contribution in [3.63, 3.8) is 0 Å². The minimum absolute atomic E-state index is 0.0694. The fourth-order valence-corrected chi connectivity index (χ4v) is 4.99. The molecule has 2 N–H and O–H groups in total. The van der Waals surface area contributed by atoms with E-state index in [4.69, 9.17) is 0 Å². The van der Waals surface area contributed by atoms with E-state index >= 15 is 0 Å². The Kier molecular flexibility index (Phi) is 7.11. The number of amides is 1. The summed E-state index contributed by atoms with van der Waals surface area (Å²) < 4.78 is 29.5. The minimum atomic E-state index is -3.78. The normalized spacial score (nSPS) is 11.9. The molecule has 0 aromatic heterocycles. The van der Waals surface area contributed by atoms with Gasteiger partial charge in [-0.3, -0.25) is 9.52 Å². The highest BCUT2D eigenvalue weighted by molar-refractivity contribution is 7.92. The summed E-state index contributed by atoms with van der Waals surface area (Å²) in [6, 6.07) is 10.7. The molecule has 6 heteroatoms. The maximum Gasteiger partial charge on any atom is 0.262 e. The molecular formula is C23H32N2O3S. The van der Waals surface area contributed by atoms with Crippen molar-refractivity contribution in [2.75, 3.05) is 10.0 Å². The zero-order valence-corrected chi connectivity index (χ0v) is 19.1. The van der Waals surface area contributed by atoms with Crippen molar-refractivity contribution in [2.45, 2.75) is 71.1 Å². The summed E-state index contributed by atoms with van der Waals surface area (Å²) >= 11 is 0. The summed E-state index contributed by atoms with van der Waals surface area (Å²) in [5.74, 6) is 0.280. The van der Waals surface area contributed by atoms with Crippen LogP contribution in [0, 0.1) is 0 Å². The van der Waals surface area contributed by atoms with Gasteiger partial charge in [-0.1, -0.05) is 53.7 Å². The molecule has 0 unspecified atom stereocenters. The molecule has 0 heterocycles. The van der Waals surface area contributed by atoms with Crippen molar-refractivity contribution in [1.82, 2.24) is 0 Å². The lowest BCUT2D eigenvalue weighted by Gasteiger charge is -2.23. The van der Waals surface area contributed by atoms with Crippen LogP contribution in [0.25, 0.3) is 0 Å². The fourth-order valence-electron chi connectivity index (χ4n) is 3.23. The van der Waals surface area contributed by atoms with E-state index in [-0.39, 0.29) is 17.7 Å². The molecule has 0 saturated heterocycles. The van der Waals surface area contributed by atoms with Crippen molar-refractivity contribution in [3.8, 4) is 0 Å². The number of hydrogen-bond donors (Lipinski definition) is 2. The summed E-state index contributed by atoms with van der Waals surface area (Å²) in [4.78, 5) is 11.5. The number of anilines is 2. The predicted molar refractivity (Wildman–Crippen MR) is 120 cm³/mol. The monoisotopic (exact) mass is 416 g/mol. The summed E-state index contributed by atoms with van der Waals surface area (Å²) in [6.45, 7) is 13.7. The van der Waals surface area contributed by atoms with Gasteiger partial charge in [-0.2, -0.15) is 0 Å². The van der Waals surface area contributed by atoms with Crippen molar-refractivity contribution in [2.24, 2.45) is 0 Å². The van der Waals surface area contributed by atoms with Crippen LogP contribution in [0.15, 0.2) is 41.3 Å². The first-order valence-electron chi connectivity index (χ1n) is 10.0. The summed E-state index contributed by atoms with van der Waals surface area (Å²) in [5.41, 5.74) is 3.89. The fraction of sp³-hybridized carbons (Fsp3) is 0.435. The largest absolute Gasteiger partial charge is 0.326 e. The third-order valence-corrected chi connectivity index (χ3v) is 6.32. The molecule has 0 saturated carbocycles. The molecule has 158 valence electrons. The van der Waals surface area contributed by atoms with Crippen molar-refractivity contribution >= 4 is 27.3 Å². The highest BCUT2D eigenvalue weighted by atomic mass is 32.2. The first-order chi connectivity index (χ1) is 13.4. The van der Waals surface area contributed by atoms with Crippen molar-refractivity contribution in [3.05, 3.63) is 53.1 Å². The van der Waals surface area contributed by atoms with E-state index in [1.54, 1.807) is 24.3 Å². The quantitative estimate of drug-likeness (QED) is 0.597. The molecule has 0 atom stereocenters. The second-order valence-electron chi connectivity index (χ2n) is 8.36.